The largest absolute Gasteiger partial charge is 0.381 e. The fourth-order valence-electron chi connectivity index (χ4n) is 3.72. The van der Waals surface area contributed by atoms with Crippen molar-refractivity contribution in [2.45, 2.75) is 32.4 Å². The molecule has 0 spiro atoms. The molecule has 1 aromatic rings. The maximum Gasteiger partial charge on any atom is 0.0495 e. The Morgan fingerprint density at radius 3 is 3.05 bits per heavy atom. The molecule has 3 rings (SSSR count). The zero-order valence-corrected chi connectivity index (χ0v) is 13.6. The Labute approximate surface area is 134 Å². The van der Waals surface area contributed by atoms with Gasteiger partial charge in [-0.15, -0.1) is 0 Å². The lowest BCUT2D eigenvalue weighted by atomic mass is 9.93. The van der Waals surface area contributed by atoms with E-state index in [1.165, 1.54) is 24.1 Å². The number of anilines is 1. The van der Waals surface area contributed by atoms with E-state index in [1.807, 2.05) is 0 Å². The molecule has 1 fully saturated rings. The first-order valence-corrected chi connectivity index (χ1v) is 8.60. The quantitative estimate of drug-likeness (QED) is 0.873. The van der Waals surface area contributed by atoms with Crippen LogP contribution in [0.2, 0.25) is 0 Å². The minimum absolute atomic E-state index is 0.501. The predicted octanol–water partition coefficient (Wildman–Crippen LogP) is 1.99. The molecule has 4 heteroatoms. The van der Waals surface area contributed by atoms with Crippen molar-refractivity contribution in [3.63, 3.8) is 0 Å². The summed E-state index contributed by atoms with van der Waals surface area (Å²) < 4.78 is 5.52. The van der Waals surface area contributed by atoms with E-state index >= 15 is 0 Å². The summed E-state index contributed by atoms with van der Waals surface area (Å²) in [7, 11) is 0. The van der Waals surface area contributed by atoms with Gasteiger partial charge in [0.05, 0.1) is 0 Å². The van der Waals surface area contributed by atoms with Gasteiger partial charge in [-0.05, 0) is 49.8 Å². The third-order valence-electron chi connectivity index (χ3n) is 4.97. The summed E-state index contributed by atoms with van der Waals surface area (Å²) in [6, 6.07) is 9.26. The molecule has 0 bridgehead atoms. The summed E-state index contributed by atoms with van der Waals surface area (Å²) in [6.45, 7) is 7.93. The van der Waals surface area contributed by atoms with E-state index in [9.17, 15) is 0 Å². The Balaban J connectivity index is 1.70. The minimum Gasteiger partial charge on any atom is -0.381 e. The minimum atomic E-state index is 0.501. The van der Waals surface area contributed by atoms with Crippen LogP contribution in [-0.2, 0) is 11.3 Å². The van der Waals surface area contributed by atoms with Gasteiger partial charge in [-0.3, -0.25) is 0 Å². The summed E-state index contributed by atoms with van der Waals surface area (Å²) in [5.41, 5.74) is 8.85. The number of ether oxygens (including phenoxy) is 1. The van der Waals surface area contributed by atoms with Gasteiger partial charge in [0, 0.05) is 44.6 Å². The number of nitrogens with one attached hydrogen (secondary N) is 1. The van der Waals surface area contributed by atoms with Gasteiger partial charge in [-0.25, -0.2) is 0 Å². The van der Waals surface area contributed by atoms with Gasteiger partial charge in [0.2, 0.25) is 0 Å². The van der Waals surface area contributed by atoms with Gasteiger partial charge >= 0.3 is 0 Å². The van der Waals surface area contributed by atoms with E-state index in [-0.39, 0.29) is 0 Å². The van der Waals surface area contributed by atoms with E-state index < -0.39 is 0 Å². The van der Waals surface area contributed by atoms with Crippen molar-refractivity contribution in [2.24, 2.45) is 17.6 Å². The monoisotopic (exact) mass is 303 g/mol. The Bertz CT molecular complexity index is 473. The highest BCUT2D eigenvalue weighted by Gasteiger charge is 2.24. The highest BCUT2D eigenvalue weighted by molar-refractivity contribution is 5.54. The Kier molecular flexibility index (Phi) is 5.34. The molecule has 22 heavy (non-hydrogen) atoms. The van der Waals surface area contributed by atoms with Gasteiger partial charge in [0.15, 0.2) is 0 Å². The van der Waals surface area contributed by atoms with Crippen LogP contribution in [0, 0.1) is 11.8 Å². The van der Waals surface area contributed by atoms with E-state index in [0.29, 0.717) is 17.9 Å². The van der Waals surface area contributed by atoms with Crippen molar-refractivity contribution in [1.82, 2.24) is 5.32 Å². The molecular formula is C18H29N3O. The van der Waals surface area contributed by atoms with E-state index in [4.69, 9.17) is 10.5 Å². The van der Waals surface area contributed by atoms with Crippen LogP contribution in [0.15, 0.2) is 24.3 Å². The average Bonchev–Trinajstić information content (AvgIpc) is 2.99. The van der Waals surface area contributed by atoms with Gasteiger partial charge < -0.3 is 20.7 Å². The summed E-state index contributed by atoms with van der Waals surface area (Å²) >= 11 is 0. The standard InChI is InChI=1S/C18H29N3O/c1-14-11-21(18-5-3-2-4-17(18)10-20-14)12-16(9-19)8-15-6-7-22-13-15/h2-5,14-16,20H,6-13,19H2,1H3. The van der Waals surface area contributed by atoms with Crippen molar-refractivity contribution in [3.05, 3.63) is 29.8 Å². The number of para-hydroxylation sites is 1. The lowest BCUT2D eigenvalue weighted by molar-refractivity contribution is 0.180. The molecule has 4 nitrogen and oxygen atoms in total. The highest BCUT2D eigenvalue weighted by Crippen LogP contribution is 2.27. The number of rotatable bonds is 5. The lowest BCUT2D eigenvalue weighted by Gasteiger charge is -2.31. The topological polar surface area (TPSA) is 50.5 Å². The summed E-state index contributed by atoms with van der Waals surface area (Å²) in [5.74, 6) is 1.25. The van der Waals surface area contributed by atoms with Crippen LogP contribution in [0.4, 0.5) is 5.69 Å². The maximum absolute atomic E-state index is 6.08. The second-order valence-electron chi connectivity index (χ2n) is 6.88. The third-order valence-corrected chi connectivity index (χ3v) is 4.97. The number of fused-ring (bicyclic) bond motifs is 1. The second kappa shape index (κ2) is 7.44. The molecule has 0 amide bonds. The van der Waals surface area contributed by atoms with Crippen LogP contribution in [0.5, 0.6) is 0 Å². The molecule has 1 aromatic carbocycles. The first kappa shape index (κ1) is 15.8. The fraction of sp³-hybridized carbons (Fsp3) is 0.667. The zero-order chi connectivity index (χ0) is 15.4. The summed E-state index contributed by atoms with van der Waals surface area (Å²) in [5, 5.41) is 3.60. The molecular weight excluding hydrogens is 274 g/mol. The van der Waals surface area contributed by atoms with Crippen LogP contribution >= 0.6 is 0 Å². The second-order valence-corrected chi connectivity index (χ2v) is 6.88. The molecule has 3 atom stereocenters. The number of benzene rings is 1. The molecule has 0 radical (unpaired) electrons. The Morgan fingerprint density at radius 1 is 1.41 bits per heavy atom. The first-order chi connectivity index (χ1) is 10.8. The van der Waals surface area contributed by atoms with E-state index in [0.717, 1.165) is 39.4 Å². The SMILES string of the molecule is CC1CN(CC(CN)CC2CCOC2)c2ccccc2CN1. The fourth-order valence-corrected chi connectivity index (χ4v) is 3.72. The van der Waals surface area contributed by atoms with E-state index in [2.05, 4.69) is 41.4 Å². The summed E-state index contributed by atoms with van der Waals surface area (Å²) in [4.78, 5) is 2.54. The van der Waals surface area contributed by atoms with Crippen LogP contribution in [-0.4, -0.2) is 38.9 Å². The van der Waals surface area contributed by atoms with Crippen molar-refractivity contribution < 1.29 is 4.74 Å². The molecule has 2 aliphatic heterocycles. The third kappa shape index (κ3) is 3.80. The molecule has 3 unspecified atom stereocenters. The van der Waals surface area contributed by atoms with Crippen LogP contribution in [0.25, 0.3) is 0 Å². The molecule has 122 valence electrons. The lowest BCUT2D eigenvalue weighted by Crippen LogP contribution is -2.40. The maximum atomic E-state index is 6.08. The first-order valence-electron chi connectivity index (χ1n) is 8.60. The summed E-state index contributed by atoms with van der Waals surface area (Å²) in [6.07, 6.45) is 2.39. The van der Waals surface area contributed by atoms with Crippen LogP contribution < -0.4 is 16.0 Å². The molecule has 1 saturated heterocycles. The number of hydrogen-bond acceptors (Lipinski definition) is 4. The predicted molar refractivity (Wildman–Crippen MR) is 91.0 cm³/mol. The molecule has 2 heterocycles. The van der Waals surface area contributed by atoms with Crippen molar-refractivity contribution in [3.8, 4) is 0 Å². The number of nitrogens with zero attached hydrogens (tertiary/aromatic N) is 1. The molecule has 2 aliphatic rings. The smallest absolute Gasteiger partial charge is 0.0495 e. The molecule has 0 saturated carbocycles. The van der Waals surface area contributed by atoms with Crippen LogP contribution in [0.1, 0.15) is 25.3 Å². The molecule has 0 aliphatic carbocycles. The zero-order valence-electron chi connectivity index (χ0n) is 13.6. The van der Waals surface area contributed by atoms with Crippen molar-refractivity contribution in [2.75, 3.05) is 37.7 Å². The number of hydrogen-bond donors (Lipinski definition) is 2. The number of nitrogens with two attached hydrogens (primary N) is 1. The average molecular weight is 303 g/mol. The van der Waals surface area contributed by atoms with Crippen molar-refractivity contribution >= 4 is 5.69 Å². The van der Waals surface area contributed by atoms with Crippen LogP contribution in [0.3, 0.4) is 0 Å². The van der Waals surface area contributed by atoms with Gasteiger partial charge in [-0.1, -0.05) is 18.2 Å². The molecule has 0 aromatic heterocycles. The molecule has 3 N–H and O–H groups in total. The normalized spacial score (nSPS) is 26.5. The highest BCUT2D eigenvalue weighted by atomic mass is 16.5. The van der Waals surface area contributed by atoms with Gasteiger partial charge in [-0.2, -0.15) is 0 Å². The van der Waals surface area contributed by atoms with Gasteiger partial charge in [0.1, 0.15) is 0 Å². The van der Waals surface area contributed by atoms with E-state index in [1.54, 1.807) is 0 Å². The van der Waals surface area contributed by atoms with Crippen molar-refractivity contribution in [1.29, 1.82) is 0 Å². The Hall–Kier alpha value is -1.10. The Morgan fingerprint density at radius 2 is 2.27 bits per heavy atom. The van der Waals surface area contributed by atoms with Gasteiger partial charge in [0.25, 0.3) is 0 Å².